The third-order valence-corrected chi connectivity index (χ3v) is 3.44. The van der Waals surface area contributed by atoms with E-state index in [0.29, 0.717) is 5.56 Å². The summed E-state index contributed by atoms with van der Waals surface area (Å²) < 4.78 is 2.16. The highest BCUT2D eigenvalue weighted by Gasteiger charge is 2.14. The number of unbranched alkanes of at least 4 members (excludes halogenated alkanes) is 2. The molecule has 0 aliphatic rings. The lowest BCUT2D eigenvalue weighted by molar-refractivity contribution is 0.591. The van der Waals surface area contributed by atoms with Crippen molar-refractivity contribution in [3.05, 3.63) is 29.6 Å². The summed E-state index contributed by atoms with van der Waals surface area (Å²) in [5.41, 5.74) is 2.59. The van der Waals surface area contributed by atoms with E-state index >= 15 is 0 Å². The highest BCUT2D eigenvalue weighted by Crippen LogP contribution is 2.25. The van der Waals surface area contributed by atoms with Crippen LogP contribution in [0.4, 0.5) is 0 Å². The van der Waals surface area contributed by atoms with Crippen molar-refractivity contribution in [1.82, 2.24) is 9.55 Å². The van der Waals surface area contributed by atoms with Gasteiger partial charge in [0, 0.05) is 6.54 Å². The van der Waals surface area contributed by atoms with E-state index in [9.17, 15) is 0 Å². The van der Waals surface area contributed by atoms with Crippen molar-refractivity contribution in [3.8, 4) is 6.07 Å². The maximum atomic E-state index is 9.01. The molecule has 1 atom stereocenters. The SMILES string of the molecule is CCCCCn1c(C(C)Cl)nc2ccc(C#N)cc21. The van der Waals surface area contributed by atoms with Crippen LogP contribution < -0.4 is 0 Å². The molecule has 0 bridgehead atoms. The Morgan fingerprint density at radius 1 is 1.42 bits per heavy atom. The summed E-state index contributed by atoms with van der Waals surface area (Å²) in [5.74, 6) is 0.892. The van der Waals surface area contributed by atoms with Crippen molar-refractivity contribution in [2.24, 2.45) is 0 Å². The van der Waals surface area contributed by atoms with Crippen LogP contribution in [0.1, 0.15) is 49.9 Å². The summed E-state index contributed by atoms with van der Waals surface area (Å²) in [7, 11) is 0. The summed E-state index contributed by atoms with van der Waals surface area (Å²) in [6, 6.07) is 7.77. The number of benzene rings is 1. The zero-order valence-corrected chi connectivity index (χ0v) is 12.1. The van der Waals surface area contributed by atoms with E-state index in [1.807, 2.05) is 19.1 Å². The van der Waals surface area contributed by atoms with E-state index in [4.69, 9.17) is 16.9 Å². The fourth-order valence-corrected chi connectivity index (χ4v) is 2.44. The number of nitrogens with zero attached hydrogens (tertiary/aromatic N) is 3. The molecule has 2 rings (SSSR count). The minimum atomic E-state index is -0.125. The van der Waals surface area contributed by atoms with Gasteiger partial charge in [-0.3, -0.25) is 0 Å². The topological polar surface area (TPSA) is 41.6 Å². The highest BCUT2D eigenvalue weighted by atomic mass is 35.5. The van der Waals surface area contributed by atoms with Gasteiger partial charge in [0.1, 0.15) is 5.82 Å². The molecule has 0 saturated carbocycles. The van der Waals surface area contributed by atoms with Crippen molar-refractivity contribution >= 4 is 22.6 Å². The molecular weight excluding hydrogens is 258 g/mol. The molecule has 0 spiro atoms. The zero-order valence-electron chi connectivity index (χ0n) is 11.4. The monoisotopic (exact) mass is 275 g/mol. The molecule has 0 amide bonds. The molecule has 1 heterocycles. The van der Waals surface area contributed by atoms with Crippen molar-refractivity contribution in [2.75, 3.05) is 0 Å². The maximum Gasteiger partial charge on any atom is 0.127 e. The summed E-state index contributed by atoms with van der Waals surface area (Å²) in [5, 5.41) is 8.89. The number of aromatic nitrogens is 2. The Bertz CT molecular complexity index is 608. The number of alkyl halides is 1. The summed E-state index contributed by atoms with van der Waals surface area (Å²) in [6.07, 6.45) is 3.48. The summed E-state index contributed by atoms with van der Waals surface area (Å²) in [4.78, 5) is 4.59. The third kappa shape index (κ3) is 2.90. The first kappa shape index (κ1) is 13.9. The van der Waals surface area contributed by atoms with Crippen LogP contribution >= 0.6 is 11.6 Å². The molecule has 0 N–H and O–H groups in total. The van der Waals surface area contributed by atoms with Gasteiger partial charge < -0.3 is 4.57 Å². The quantitative estimate of drug-likeness (QED) is 0.599. The molecule has 19 heavy (non-hydrogen) atoms. The number of hydrogen-bond donors (Lipinski definition) is 0. The Labute approximate surface area is 118 Å². The first-order valence-electron chi connectivity index (χ1n) is 6.71. The maximum absolute atomic E-state index is 9.01. The molecule has 0 fully saturated rings. The van der Waals surface area contributed by atoms with Gasteiger partial charge in [0.15, 0.2) is 0 Å². The van der Waals surface area contributed by atoms with Gasteiger partial charge in [-0.05, 0) is 31.5 Å². The molecule has 0 saturated heterocycles. The number of halogens is 1. The first-order valence-corrected chi connectivity index (χ1v) is 7.15. The van der Waals surface area contributed by atoms with Gasteiger partial charge in [0.05, 0.1) is 28.0 Å². The number of imidazole rings is 1. The van der Waals surface area contributed by atoms with Gasteiger partial charge in [0.25, 0.3) is 0 Å². The van der Waals surface area contributed by atoms with E-state index in [-0.39, 0.29) is 5.38 Å². The summed E-state index contributed by atoms with van der Waals surface area (Å²) >= 11 is 6.22. The Kier molecular flexibility index (Phi) is 4.44. The van der Waals surface area contributed by atoms with Crippen molar-refractivity contribution in [3.63, 3.8) is 0 Å². The minimum absolute atomic E-state index is 0.125. The lowest BCUT2D eigenvalue weighted by Gasteiger charge is -2.10. The molecule has 1 unspecified atom stereocenters. The van der Waals surface area contributed by atoms with Gasteiger partial charge in [-0.25, -0.2) is 4.98 Å². The van der Waals surface area contributed by atoms with Crippen molar-refractivity contribution < 1.29 is 0 Å². The average Bonchev–Trinajstić information content (AvgIpc) is 2.77. The van der Waals surface area contributed by atoms with Gasteiger partial charge in [-0.2, -0.15) is 5.26 Å². The second-order valence-corrected chi connectivity index (χ2v) is 5.41. The van der Waals surface area contributed by atoms with Gasteiger partial charge in [-0.1, -0.05) is 19.8 Å². The number of hydrogen-bond acceptors (Lipinski definition) is 2. The van der Waals surface area contributed by atoms with Crippen LogP contribution in [0, 0.1) is 11.3 Å². The molecule has 2 aromatic rings. The summed E-state index contributed by atoms with van der Waals surface area (Å²) in [6.45, 7) is 5.03. The number of fused-ring (bicyclic) bond motifs is 1. The molecule has 4 heteroatoms. The standard InChI is InChI=1S/C15H18ClN3/c1-3-4-5-8-19-14-9-12(10-17)6-7-13(14)18-15(19)11(2)16/h6-7,9,11H,3-5,8H2,1-2H3. The molecule has 0 aliphatic heterocycles. The minimum Gasteiger partial charge on any atom is -0.327 e. The molecule has 1 aromatic carbocycles. The van der Waals surface area contributed by atoms with Crippen molar-refractivity contribution in [2.45, 2.75) is 45.0 Å². The van der Waals surface area contributed by atoms with Crippen LogP contribution in [-0.4, -0.2) is 9.55 Å². The van der Waals surface area contributed by atoms with Crippen LogP contribution in [-0.2, 0) is 6.54 Å². The predicted molar refractivity (Wildman–Crippen MR) is 78.2 cm³/mol. The van der Waals surface area contributed by atoms with Crippen LogP contribution in [0.2, 0.25) is 0 Å². The second-order valence-electron chi connectivity index (χ2n) is 4.76. The predicted octanol–water partition coefficient (Wildman–Crippen LogP) is 4.40. The molecular formula is C15H18ClN3. The van der Waals surface area contributed by atoms with E-state index in [2.05, 4.69) is 22.5 Å². The fraction of sp³-hybridized carbons (Fsp3) is 0.467. The lowest BCUT2D eigenvalue weighted by Crippen LogP contribution is -2.04. The Hall–Kier alpha value is -1.53. The molecule has 100 valence electrons. The number of nitriles is 1. The fourth-order valence-electron chi connectivity index (χ4n) is 2.27. The molecule has 0 radical (unpaired) electrons. The Morgan fingerprint density at radius 2 is 2.21 bits per heavy atom. The van der Waals surface area contributed by atoms with Crippen LogP contribution in [0.25, 0.3) is 11.0 Å². The molecule has 0 aliphatic carbocycles. The van der Waals surface area contributed by atoms with Crippen molar-refractivity contribution in [1.29, 1.82) is 5.26 Å². The van der Waals surface area contributed by atoms with Gasteiger partial charge in [-0.15, -0.1) is 11.6 Å². The molecule has 1 aromatic heterocycles. The zero-order chi connectivity index (χ0) is 13.8. The number of rotatable bonds is 5. The van der Waals surface area contributed by atoms with E-state index in [0.717, 1.165) is 29.8 Å². The second kappa shape index (κ2) is 6.08. The Balaban J connectivity index is 2.48. The third-order valence-electron chi connectivity index (χ3n) is 3.25. The smallest absolute Gasteiger partial charge is 0.127 e. The van der Waals surface area contributed by atoms with Crippen LogP contribution in [0.5, 0.6) is 0 Å². The average molecular weight is 276 g/mol. The highest BCUT2D eigenvalue weighted by molar-refractivity contribution is 6.20. The Morgan fingerprint density at radius 3 is 2.84 bits per heavy atom. The number of aryl methyl sites for hydroxylation is 1. The normalized spacial score (nSPS) is 12.5. The van der Waals surface area contributed by atoms with E-state index in [1.54, 1.807) is 6.07 Å². The van der Waals surface area contributed by atoms with Gasteiger partial charge in [0.2, 0.25) is 0 Å². The van der Waals surface area contributed by atoms with Gasteiger partial charge >= 0.3 is 0 Å². The first-order chi connectivity index (χ1) is 9.17. The van der Waals surface area contributed by atoms with E-state index < -0.39 is 0 Å². The van der Waals surface area contributed by atoms with E-state index in [1.165, 1.54) is 12.8 Å². The largest absolute Gasteiger partial charge is 0.327 e. The van der Waals surface area contributed by atoms with Crippen LogP contribution in [0.3, 0.4) is 0 Å². The van der Waals surface area contributed by atoms with Crippen LogP contribution in [0.15, 0.2) is 18.2 Å². The molecule has 3 nitrogen and oxygen atoms in total. The lowest BCUT2D eigenvalue weighted by atomic mass is 10.2.